The van der Waals surface area contributed by atoms with E-state index >= 15 is 0 Å². The molecular formula is C19H28N4. The summed E-state index contributed by atoms with van der Waals surface area (Å²) in [5.41, 5.74) is 13.6. The van der Waals surface area contributed by atoms with Crippen LogP contribution in [0.3, 0.4) is 0 Å². The standard InChI is InChI=1S/C9H14N2.C9H10N2.CH4/c2*1-6-4-7(2)11-8(3)9(6)5-10;/h4H,5,10H2,1-3H3;4H,1-3H3;1H4. The van der Waals surface area contributed by atoms with Crippen LogP contribution < -0.4 is 5.73 Å². The highest BCUT2D eigenvalue weighted by Gasteiger charge is 2.02. The summed E-state index contributed by atoms with van der Waals surface area (Å²) in [6, 6.07) is 6.12. The molecule has 2 aromatic rings. The van der Waals surface area contributed by atoms with Crippen molar-refractivity contribution in [3.05, 3.63) is 57.2 Å². The summed E-state index contributed by atoms with van der Waals surface area (Å²) < 4.78 is 0. The van der Waals surface area contributed by atoms with Crippen LogP contribution in [0.5, 0.6) is 0 Å². The molecule has 0 aliphatic rings. The van der Waals surface area contributed by atoms with Crippen molar-refractivity contribution in [2.45, 2.75) is 55.5 Å². The van der Waals surface area contributed by atoms with Gasteiger partial charge in [0.15, 0.2) is 0 Å². The van der Waals surface area contributed by atoms with Crippen molar-refractivity contribution in [2.75, 3.05) is 0 Å². The van der Waals surface area contributed by atoms with E-state index in [1.54, 1.807) is 0 Å². The van der Waals surface area contributed by atoms with Gasteiger partial charge in [0.25, 0.3) is 0 Å². The summed E-state index contributed by atoms with van der Waals surface area (Å²) in [4.78, 5) is 8.51. The molecule has 0 spiro atoms. The van der Waals surface area contributed by atoms with Crippen LogP contribution >= 0.6 is 0 Å². The number of hydrogen-bond acceptors (Lipinski definition) is 4. The van der Waals surface area contributed by atoms with Crippen LogP contribution in [0.15, 0.2) is 12.1 Å². The molecule has 0 radical (unpaired) electrons. The Kier molecular flexibility index (Phi) is 8.13. The molecule has 0 aromatic carbocycles. The number of aromatic nitrogens is 2. The Morgan fingerprint density at radius 2 is 1.39 bits per heavy atom. The molecule has 0 saturated carbocycles. The average molecular weight is 312 g/mol. The maximum atomic E-state index is 8.70. The molecule has 0 aliphatic heterocycles. The van der Waals surface area contributed by atoms with Gasteiger partial charge >= 0.3 is 0 Å². The summed E-state index contributed by atoms with van der Waals surface area (Å²) in [6.07, 6.45) is 0. The minimum absolute atomic E-state index is 0. The molecule has 0 fully saturated rings. The van der Waals surface area contributed by atoms with E-state index in [0.717, 1.165) is 28.3 Å². The van der Waals surface area contributed by atoms with Gasteiger partial charge in [-0.3, -0.25) is 9.97 Å². The molecular weight excluding hydrogens is 284 g/mol. The molecule has 0 saturated heterocycles. The number of nitriles is 1. The Morgan fingerprint density at radius 1 is 0.913 bits per heavy atom. The van der Waals surface area contributed by atoms with Gasteiger partial charge in [-0.1, -0.05) is 7.43 Å². The maximum absolute atomic E-state index is 8.70. The highest BCUT2D eigenvalue weighted by atomic mass is 14.7. The average Bonchev–Trinajstić information content (AvgIpc) is 2.38. The van der Waals surface area contributed by atoms with Gasteiger partial charge in [-0.05, 0) is 70.4 Å². The van der Waals surface area contributed by atoms with E-state index < -0.39 is 0 Å². The van der Waals surface area contributed by atoms with Crippen molar-refractivity contribution in [3.63, 3.8) is 0 Å². The summed E-state index contributed by atoms with van der Waals surface area (Å²) in [5, 5.41) is 8.70. The van der Waals surface area contributed by atoms with Crippen LogP contribution in [0.4, 0.5) is 0 Å². The summed E-state index contributed by atoms with van der Waals surface area (Å²) in [5.74, 6) is 0. The van der Waals surface area contributed by atoms with Crippen LogP contribution in [0.25, 0.3) is 0 Å². The van der Waals surface area contributed by atoms with Crippen molar-refractivity contribution in [3.8, 4) is 6.07 Å². The van der Waals surface area contributed by atoms with Crippen molar-refractivity contribution in [2.24, 2.45) is 5.73 Å². The topological polar surface area (TPSA) is 75.6 Å². The Labute approximate surface area is 140 Å². The fourth-order valence-corrected chi connectivity index (χ4v) is 2.55. The maximum Gasteiger partial charge on any atom is 0.101 e. The summed E-state index contributed by atoms with van der Waals surface area (Å²) >= 11 is 0. The van der Waals surface area contributed by atoms with E-state index in [2.05, 4.69) is 29.0 Å². The smallest absolute Gasteiger partial charge is 0.101 e. The zero-order valence-electron chi connectivity index (χ0n) is 14.3. The lowest BCUT2D eigenvalue weighted by Gasteiger charge is -2.06. The number of aryl methyl sites for hydroxylation is 6. The molecule has 4 heteroatoms. The second-order valence-electron chi connectivity index (χ2n) is 5.50. The Bertz CT molecular complexity index is 666. The van der Waals surface area contributed by atoms with Gasteiger partial charge in [0.2, 0.25) is 0 Å². The normalized spacial score (nSPS) is 9.30. The molecule has 2 N–H and O–H groups in total. The van der Waals surface area contributed by atoms with Gasteiger partial charge in [-0.2, -0.15) is 5.26 Å². The molecule has 4 nitrogen and oxygen atoms in total. The molecule has 0 unspecified atom stereocenters. The number of hydrogen-bond donors (Lipinski definition) is 1. The molecule has 0 atom stereocenters. The third kappa shape index (κ3) is 5.46. The van der Waals surface area contributed by atoms with Crippen LogP contribution in [0, 0.1) is 52.9 Å². The number of nitrogens with zero attached hydrogens (tertiary/aromatic N) is 3. The monoisotopic (exact) mass is 312 g/mol. The first-order valence-electron chi connectivity index (χ1n) is 7.28. The number of pyridine rings is 2. The van der Waals surface area contributed by atoms with Gasteiger partial charge < -0.3 is 5.73 Å². The minimum Gasteiger partial charge on any atom is -0.326 e. The molecule has 0 amide bonds. The van der Waals surface area contributed by atoms with E-state index in [4.69, 9.17) is 11.0 Å². The van der Waals surface area contributed by atoms with Gasteiger partial charge in [-0.15, -0.1) is 0 Å². The molecule has 2 rings (SSSR count). The molecule has 0 bridgehead atoms. The lowest BCUT2D eigenvalue weighted by Crippen LogP contribution is -2.04. The fraction of sp³-hybridized carbons (Fsp3) is 0.421. The van der Waals surface area contributed by atoms with E-state index in [9.17, 15) is 0 Å². The van der Waals surface area contributed by atoms with Crippen molar-refractivity contribution < 1.29 is 0 Å². The highest BCUT2D eigenvalue weighted by Crippen LogP contribution is 2.12. The first-order chi connectivity index (χ1) is 10.3. The molecule has 2 heterocycles. The highest BCUT2D eigenvalue weighted by molar-refractivity contribution is 5.40. The first kappa shape index (κ1) is 20.8. The SMILES string of the molecule is C.Cc1cc(C)c(C#N)c(C)n1.Cc1cc(C)c(CN)c(C)n1. The van der Waals surface area contributed by atoms with Crippen LogP contribution in [0.1, 0.15) is 52.5 Å². The van der Waals surface area contributed by atoms with Crippen LogP contribution in [0.2, 0.25) is 0 Å². The number of rotatable bonds is 1. The van der Waals surface area contributed by atoms with Gasteiger partial charge in [0, 0.05) is 23.6 Å². The van der Waals surface area contributed by atoms with Gasteiger partial charge in [0.05, 0.1) is 11.3 Å². The van der Waals surface area contributed by atoms with Crippen molar-refractivity contribution >= 4 is 0 Å². The molecule has 124 valence electrons. The van der Waals surface area contributed by atoms with Gasteiger partial charge in [-0.25, -0.2) is 0 Å². The molecule has 0 aliphatic carbocycles. The summed E-state index contributed by atoms with van der Waals surface area (Å²) in [7, 11) is 0. The Morgan fingerprint density at radius 3 is 1.78 bits per heavy atom. The quantitative estimate of drug-likeness (QED) is 0.864. The van der Waals surface area contributed by atoms with E-state index in [0.29, 0.717) is 12.1 Å². The lowest BCUT2D eigenvalue weighted by molar-refractivity contribution is 0.969. The van der Waals surface area contributed by atoms with E-state index in [1.807, 2.05) is 40.7 Å². The third-order valence-electron chi connectivity index (χ3n) is 3.52. The molecule has 23 heavy (non-hydrogen) atoms. The lowest BCUT2D eigenvalue weighted by atomic mass is 10.1. The van der Waals surface area contributed by atoms with E-state index in [1.165, 1.54) is 11.1 Å². The zero-order valence-corrected chi connectivity index (χ0v) is 14.3. The largest absolute Gasteiger partial charge is 0.326 e. The number of nitrogens with two attached hydrogens (primary N) is 1. The van der Waals surface area contributed by atoms with Crippen molar-refractivity contribution in [1.29, 1.82) is 5.26 Å². The second-order valence-corrected chi connectivity index (χ2v) is 5.50. The third-order valence-corrected chi connectivity index (χ3v) is 3.52. The van der Waals surface area contributed by atoms with Gasteiger partial charge in [0.1, 0.15) is 6.07 Å². The predicted octanol–water partition coefficient (Wildman–Crippen LogP) is 3.98. The van der Waals surface area contributed by atoms with Crippen molar-refractivity contribution in [1.82, 2.24) is 9.97 Å². The predicted molar refractivity (Wildman–Crippen MR) is 96.2 cm³/mol. The summed E-state index contributed by atoms with van der Waals surface area (Å²) in [6.45, 7) is 12.4. The minimum atomic E-state index is 0. The Balaban J connectivity index is 0.000000403. The second kappa shape index (κ2) is 9.02. The zero-order chi connectivity index (χ0) is 16.9. The van der Waals surface area contributed by atoms with Crippen LogP contribution in [-0.4, -0.2) is 9.97 Å². The fourth-order valence-electron chi connectivity index (χ4n) is 2.55. The Hall–Kier alpha value is -2.25. The van der Waals surface area contributed by atoms with Crippen LogP contribution in [-0.2, 0) is 6.54 Å². The first-order valence-corrected chi connectivity index (χ1v) is 7.28. The molecule has 2 aromatic heterocycles. The van der Waals surface area contributed by atoms with E-state index in [-0.39, 0.29) is 7.43 Å².